The second-order valence-corrected chi connectivity index (χ2v) is 7.27. The Hall–Kier alpha value is -2.11. The second kappa shape index (κ2) is 6.79. The van der Waals surface area contributed by atoms with Gasteiger partial charge in [0.2, 0.25) is 0 Å². The lowest BCUT2D eigenvalue weighted by Gasteiger charge is -2.15. The van der Waals surface area contributed by atoms with Crippen LogP contribution in [0.5, 0.6) is 0 Å². The summed E-state index contributed by atoms with van der Waals surface area (Å²) in [6.07, 6.45) is 1.14. The average molecular weight is 339 g/mol. The van der Waals surface area contributed by atoms with Gasteiger partial charge in [-0.25, -0.2) is 0 Å². The molecule has 1 saturated heterocycles. The third-order valence-corrected chi connectivity index (χ3v) is 5.37. The SMILES string of the molecule is O=C(NC[C@@H]1CCN(Cc2cc3ccccc3[nH]2)C1)c1ccsc1. The fraction of sp³-hybridized carbons (Fsp3) is 0.316. The Balaban J connectivity index is 1.29. The van der Waals surface area contributed by atoms with Crippen LogP contribution in [0.2, 0.25) is 0 Å². The van der Waals surface area contributed by atoms with Gasteiger partial charge in [0.1, 0.15) is 0 Å². The summed E-state index contributed by atoms with van der Waals surface area (Å²) in [4.78, 5) is 18.0. The molecule has 1 amide bonds. The maximum absolute atomic E-state index is 12.0. The number of fused-ring (bicyclic) bond motifs is 1. The number of aromatic nitrogens is 1. The summed E-state index contributed by atoms with van der Waals surface area (Å²) >= 11 is 1.56. The number of carbonyl (C=O) groups is 1. The maximum Gasteiger partial charge on any atom is 0.252 e. The predicted octanol–water partition coefficient (Wildman–Crippen LogP) is 3.48. The van der Waals surface area contributed by atoms with Crippen molar-refractivity contribution in [2.75, 3.05) is 19.6 Å². The molecule has 24 heavy (non-hydrogen) atoms. The molecule has 0 saturated carbocycles. The van der Waals surface area contributed by atoms with Crippen molar-refractivity contribution >= 4 is 28.1 Å². The Kier molecular flexibility index (Phi) is 4.36. The van der Waals surface area contributed by atoms with Crippen molar-refractivity contribution in [3.63, 3.8) is 0 Å². The fourth-order valence-corrected chi connectivity index (χ4v) is 4.05. The van der Waals surface area contributed by atoms with Gasteiger partial charge in [-0.3, -0.25) is 9.69 Å². The topological polar surface area (TPSA) is 48.1 Å². The number of nitrogens with one attached hydrogen (secondary N) is 2. The Morgan fingerprint density at radius 3 is 3.08 bits per heavy atom. The van der Waals surface area contributed by atoms with Crippen molar-refractivity contribution in [3.05, 3.63) is 58.4 Å². The van der Waals surface area contributed by atoms with Gasteiger partial charge in [0.15, 0.2) is 0 Å². The second-order valence-electron chi connectivity index (χ2n) is 6.49. The molecule has 0 radical (unpaired) electrons. The predicted molar refractivity (Wildman–Crippen MR) is 98.3 cm³/mol. The molecule has 0 unspecified atom stereocenters. The number of thiophene rings is 1. The van der Waals surface area contributed by atoms with Crippen molar-refractivity contribution in [3.8, 4) is 0 Å². The van der Waals surface area contributed by atoms with E-state index in [4.69, 9.17) is 0 Å². The lowest BCUT2D eigenvalue weighted by molar-refractivity contribution is 0.0947. The number of likely N-dealkylation sites (tertiary alicyclic amines) is 1. The van der Waals surface area contributed by atoms with Gasteiger partial charge in [0, 0.05) is 41.8 Å². The van der Waals surface area contributed by atoms with Crippen LogP contribution in [0.15, 0.2) is 47.2 Å². The number of aromatic amines is 1. The molecule has 1 aliphatic rings. The van der Waals surface area contributed by atoms with Crippen LogP contribution in [-0.2, 0) is 6.54 Å². The van der Waals surface area contributed by atoms with Gasteiger partial charge in [-0.1, -0.05) is 18.2 Å². The quantitative estimate of drug-likeness (QED) is 0.748. The number of H-pyrrole nitrogens is 1. The van der Waals surface area contributed by atoms with Crippen LogP contribution in [0.3, 0.4) is 0 Å². The van der Waals surface area contributed by atoms with Crippen molar-refractivity contribution in [1.29, 1.82) is 0 Å². The smallest absolute Gasteiger partial charge is 0.252 e. The van der Waals surface area contributed by atoms with Gasteiger partial charge < -0.3 is 10.3 Å². The first-order chi connectivity index (χ1) is 11.8. The molecule has 0 spiro atoms. The molecule has 2 aromatic heterocycles. The van der Waals surface area contributed by atoms with Gasteiger partial charge in [-0.2, -0.15) is 11.3 Å². The molecule has 1 aromatic carbocycles. The molecule has 1 atom stereocenters. The van der Waals surface area contributed by atoms with E-state index in [0.29, 0.717) is 5.92 Å². The summed E-state index contributed by atoms with van der Waals surface area (Å²) in [6, 6.07) is 12.5. The number of para-hydroxylation sites is 1. The molecule has 2 N–H and O–H groups in total. The van der Waals surface area contributed by atoms with E-state index in [1.54, 1.807) is 11.3 Å². The van der Waals surface area contributed by atoms with Crippen LogP contribution in [0, 0.1) is 5.92 Å². The number of nitrogens with zero attached hydrogens (tertiary/aromatic N) is 1. The number of benzene rings is 1. The number of rotatable bonds is 5. The molecule has 4 nitrogen and oxygen atoms in total. The minimum absolute atomic E-state index is 0.0466. The van der Waals surface area contributed by atoms with Crippen LogP contribution in [0.4, 0.5) is 0 Å². The molecule has 1 aliphatic heterocycles. The number of hydrogen-bond donors (Lipinski definition) is 2. The normalized spacial score (nSPS) is 18.2. The van der Waals surface area contributed by atoms with Crippen molar-refractivity contribution in [1.82, 2.24) is 15.2 Å². The molecule has 1 fully saturated rings. The highest BCUT2D eigenvalue weighted by molar-refractivity contribution is 7.08. The molecule has 3 aromatic rings. The summed E-state index contributed by atoms with van der Waals surface area (Å²) < 4.78 is 0. The number of amides is 1. The van der Waals surface area contributed by atoms with Gasteiger partial charge in [-0.15, -0.1) is 0 Å². The Bertz CT molecular complexity index is 791. The van der Waals surface area contributed by atoms with Crippen LogP contribution in [-0.4, -0.2) is 35.4 Å². The first-order valence-electron chi connectivity index (χ1n) is 8.37. The van der Waals surface area contributed by atoms with Gasteiger partial charge in [0.25, 0.3) is 5.91 Å². The van der Waals surface area contributed by atoms with Crippen LogP contribution in [0.1, 0.15) is 22.5 Å². The summed E-state index contributed by atoms with van der Waals surface area (Å²) in [7, 11) is 0. The zero-order valence-electron chi connectivity index (χ0n) is 13.5. The van der Waals surface area contributed by atoms with Crippen LogP contribution >= 0.6 is 11.3 Å². The molecular weight excluding hydrogens is 318 g/mol. The Morgan fingerprint density at radius 2 is 2.25 bits per heavy atom. The van der Waals surface area contributed by atoms with Crippen LogP contribution in [0.25, 0.3) is 10.9 Å². The fourth-order valence-electron chi connectivity index (χ4n) is 3.42. The number of hydrogen-bond acceptors (Lipinski definition) is 3. The van der Waals surface area contributed by atoms with Gasteiger partial charge >= 0.3 is 0 Å². The minimum Gasteiger partial charge on any atom is -0.357 e. The first kappa shape index (κ1) is 15.4. The van der Waals surface area contributed by atoms with E-state index in [2.05, 4.69) is 45.5 Å². The third-order valence-electron chi connectivity index (χ3n) is 4.68. The van der Waals surface area contributed by atoms with Crippen LogP contribution < -0.4 is 5.32 Å². The zero-order chi connectivity index (χ0) is 16.4. The van der Waals surface area contributed by atoms with E-state index in [1.165, 1.54) is 16.6 Å². The molecule has 3 heterocycles. The minimum atomic E-state index is 0.0466. The summed E-state index contributed by atoms with van der Waals surface area (Å²) in [5.41, 5.74) is 3.23. The molecule has 0 aliphatic carbocycles. The summed E-state index contributed by atoms with van der Waals surface area (Å²) in [5, 5.41) is 8.17. The van der Waals surface area contributed by atoms with Crippen molar-refractivity contribution in [2.24, 2.45) is 5.92 Å². The van der Waals surface area contributed by atoms with Gasteiger partial charge in [0.05, 0.1) is 0 Å². The van der Waals surface area contributed by atoms with Crippen molar-refractivity contribution < 1.29 is 4.79 Å². The van der Waals surface area contributed by atoms with Crippen molar-refractivity contribution in [2.45, 2.75) is 13.0 Å². The lowest BCUT2D eigenvalue weighted by Crippen LogP contribution is -2.30. The monoisotopic (exact) mass is 339 g/mol. The lowest BCUT2D eigenvalue weighted by atomic mass is 10.1. The molecule has 5 heteroatoms. The number of carbonyl (C=O) groups excluding carboxylic acids is 1. The van der Waals surface area contributed by atoms with E-state index in [-0.39, 0.29) is 5.91 Å². The standard InChI is InChI=1S/C19H21N3OS/c23-19(16-6-8-24-13-16)20-10-14-5-7-22(11-14)12-17-9-15-3-1-2-4-18(15)21-17/h1-4,6,8-9,13-14,21H,5,7,10-12H2,(H,20,23)/t14-/m0/s1. The molecule has 124 valence electrons. The highest BCUT2D eigenvalue weighted by Gasteiger charge is 2.23. The largest absolute Gasteiger partial charge is 0.357 e. The van der Waals surface area contributed by atoms with Gasteiger partial charge in [-0.05, 0) is 47.8 Å². The first-order valence-corrected chi connectivity index (χ1v) is 9.31. The Morgan fingerprint density at radius 1 is 1.33 bits per heavy atom. The highest BCUT2D eigenvalue weighted by Crippen LogP contribution is 2.21. The summed E-state index contributed by atoms with van der Waals surface area (Å²) in [6.45, 7) is 3.84. The summed E-state index contributed by atoms with van der Waals surface area (Å²) in [5.74, 6) is 0.585. The van der Waals surface area contributed by atoms with E-state index < -0.39 is 0 Å². The maximum atomic E-state index is 12.0. The average Bonchev–Trinajstić information content (AvgIpc) is 3.33. The third kappa shape index (κ3) is 3.37. The van der Waals surface area contributed by atoms with E-state index in [0.717, 1.165) is 38.2 Å². The van der Waals surface area contributed by atoms with E-state index in [9.17, 15) is 4.79 Å². The highest BCUT2D eigenvalue weighted by atomic mass is 32.1. The molecule has 4 rings (SSSR count). The zero-order valence-corrected chi connectivity index (χ0v) is 14.3. The molecule has 0 bridgehead atoms. The molecular formula is C19H21N3OS. The van der Waals surface area contributed by atoms with E-state index in [1.807, 2.05) is 16.8 Å². The van der Waals surface area contributed by atoms with E-state index >= 15 is 0 Å². The Labute approximate surface area is 145 Å².